The van der Waals surface area contributed by atoms with Crippen LogP contribution in [0.2, 0.25) is 0 Å². The molecule has 2 unspecified atom stereocenters. The Morgan fingerprint density at radius 1 is 1.56 bits per heavy atom. The second-order valence-electron chi connectivity index (χ2n) is 5.05. The van der Waals surface area contributed by atoms with Crippen LogP contribution in [0.15, 0.2) is 22.7 Å². The predicted octanol–water partition coefficient (Wildman–Crippen LogP) is 2.88. The van der Waals surface area contributed by atoms with E-state index in [9.17, 15) is 9.50 Å². The fraction of sp³-hybridized carbons (Fsp3) is 0.571. The molecule has 1 aliphatic heterocycles. The van der Waals surface area contributed by atoms with Gasteiger partial charge in [0.1, 0.15) is 5.82 Å². The Kier molecular flexibility index (Phi) is 4.41. The number of nitrogens with one attached hydrogen (secondary N) is 1. The first kappa shape index (κ1) is 14.0. The zero-order valence-corrected chi connectivity index (χ0v) is 12.1. The van der Waals surface area contributed by atoms with E-state index in [4.69, 9.17) is 0 Å². The lowest BCUT2D eigenvalue weighted by atomic mass is 9.76. The lowest BCUT2D eigenvalue weighted by molar-refractivity contribution is -0.0415. The van der Waals surface area contributed by atoms with Crippen LogP contribution >= 0.6 is 15.9 Å². The van der Waals surface area contributed by atoms with Crippen molar-refractivity contribution in [3.63, 3.8) is 0 Å². The number of hydrogen-bond donors (Lipinski definition) is 2. The summed E-state index contributed by atoms with van der Waals surface area (Å²) in [7, 11) is 0. The summed E-state index contributed by atoms with van der Waals surface area (Å²) >= 11 is 3.27. The molecule has 0 aromatic heterocycles. The summed E-state index contributed by atoms with van der Waals surface area (Å²) in [5, 5.41) is 14.1. The van der Waals surface area contributed by atoms with Crippen molar-refractivity contribution >= 4 is 15.9 Å². The lowest BCUT2D eigenvalue weighted by Gasteiger charge is -2.40. The minimum atomic E-state index is -0.726. The Hall–Kier alpha value is -0.450. The van der Waals surface area contributed by atoms with E-state index in [1.54, 1.807) is 6.07 Å². The third kappa shape index (κ3) is 2.76. The average molecular weight is 316 g/mol. The van der Waals surface area contributed by atoms with Crippen LogP contribution in [-0.2, 0) is 6.42 Å². The molecule has 1 aromatic carbocycles. The maximum Gasteiger partial charge on any atom is 0.137 e. The first-order valence-electron chi connectivity index (χ1n) is 6.43. The van der Waals surface area contributed by atoms with Gasteiger partial charge in [0.2, 0.25) is 0 Å². The highest BCUT2D eigenvalue weighted by Gasteiger charge is 2.38. The summed E-state index contributed by atoms with van der Waals surface area (Å²) in [6, 6.07) is 5.00. The molecule has 0 aliphatic carbocycles. The zero-order chi connectivity index (χ0) is 13.2. The molecule has 1 aromatic rings. The number of halogens is 2. The smallest absolute Gasteiger partial charge is 0.137 e. The van der Waals surface area contributed by atoms with E-state index in [2.05, 4.69) is 28.2 Å². The van der Waals surface area contributed by atoms with Gasteiger partial charge in [-0.25, -0.2) is 4.39 Å². The molecule has 2 nitrogen and oxygen atoms in total. The fourth-order valence-electron chi connectivity index (χ4n) is 2.75. The van der Waals surface area contributed by atoms with Crippen LogP contribution < -0.4 is 5.32 Å². The van der Waals surface area contributed by atoms with E-state index in [1.807, 2.05) is 6.07 Å². The molecule has 2 atom stereocenters. The minimum absolute atomic E-state index is 0.224. The van der Waals surface area contributed by atoms with Gasteiger partial charge in [-0.2, -0.15) is 0 Å². The van der Waals surface area contributed by atoms with Crippen molar-refractivity contribution < 1.29 is 9.50 Å². The number of hydrogen-bond acceptors (Lipinski definition) is 2. The average Bonchev–Trinajstić information content (AvgIpc) is 2.35. The van der Waals surface area contributed by atoms with Crippen LogP contribution in [0.3, 0.4) is 0 Å². The molecule has 2 N–H and O–H groups in total. The highest BCUT2D eigenvalue weighted by molar-refractivity contribution is 9.10. The molecular formula is C14H19BrFNO. The van der Waals surface area contributed by atoms with Crippen molar-refractivity contribution in [1.82, 2.24) is 5.32 Å². The molecule has 1 saturated heterocycles. The van der Waals surface area contributed by atoms with Gasteiger partial charge in [0, 0.05) is 18.9 Å². The lowest BCUT2D eigenvalue weighted by Crippen LogP contribution is -2.51. The molecule has 2 rings (SSSR count). The Morgan fingerprint density at radius 2 is 2.33 bits per heavy atom. The normalized spacial score (nSPS) is 28.3. The predicted molar refractivity (Wildman–Crippen MR) is 74.0 cm³/mol. The van der Waals surface area contributed by atoms with Crippen molar-refractivity contribution in [3.05, 3.63) is 34.1 Å². The maximum absolute atomic E-state index is 13.5. The molecule has 100 valence electrons. The van der Waals surface area contributed by atoms with Crippen molar-refractivity contribution in [2.75, 3.05) is 13.1 Å². The summed E-state index contributed by atoms with van der Waals surface area (Å²) in [6.45, 7) is 3.74. The number of rotatable bonds is 3. The largest absolute Gasteiger partial charge is 0.389 e. The van der Waals surface area contributed by atoms with Crippen molar-refractivity contribution in [3.8, 4) is 0 Å². The zero-order valence-electron chi connectivity index (χ0n) is 10.5. The van der Waals surface area contributed by atoms with Crippen molar-refractivity contribution in [1.29, 1.82) is 0 Å². The second kappa shape index (κ2) is 5.68. The van der Waals surface area contributed by atoms with Gasteiger partial charge in [-0.05, 0) is 46.9 Å². The molecule has 1 fully saturated rings. The summed E-state index contributed by atoms with van der Waals surface area (Å²) in [5.41, 5.74) is 0.119. The molecule has 1 heterocycles. The Balaban J connectivity index is 2.23. The third-order valence-electron chi connectivity index (χ3n) is 3.91. The number of piperidine rings is 1. The quantitative estimate of drug-likeness (QED) is 0.899. The molecule has 0 radical (unpaired) electrons. The molecule has 0 spiro atoms. The van der Waals surface area contributed by atoms with Gasteiger partial charge in [-0.3, -0.25) is 0 Å². The number of aliphatic hydroxyl groups is 1. The van der Waals surface area contributed by atoms with Crippen molar-refractivity contribution in [2.45, 2.75) is 31.8 Å². The Labute approximate surface area is 116 Å². The van der Waals surface area contributed by atoms with Crippen molar-refractivity contribution in [2.24, 2.45) is 5.92 Å². The van der Waals surface area contributed by atoms with Gasteiger partial charge < -0.3 is 10.4 Å². The molecule has 0 amide bonds. The molecule has 0 saturated carbocycles. The summed E-state index contributed by atoms with van der Waals surface area (Å²) in [6.07, 6.45) is 2.15. The number of benzene rings is 1. The van der Waals surface area contributed by atoms with Crippen LogP contribution in [0, 0.1) is 11.7 Å². The topological polar surface area (TPSA) is 32.3 Å². The summed E-state index contributed by atoms with van der Waals surface area (Å²) in [5.74, 6) is -0.0421. The highest BCUT2D eigenvalue weighted by Crippen LogP contribution is 2.33. The fourth-order valence-corrected chi connectivity index (χ4v) is 3.15. The van der Waals surface area contributed by atoms with Crippen LogP contribution in [-0.4, -0.2) is 23.8 Å². The van der Waals surface area contributed by atoms with Crippen LogP contribution in [0.4, 0.5) is 4.39 Å². The minimum Gasteiger partial charge on any atom is -0.389 e. The molecule has 18 heavy (non-hydrogen) atoms. The third-order valence-corrected chi connectivity index (χ3v) is 4.79. The monoisotopic (exact) mass is 315 g/mol. The second-order valence-corrected chi connectivity index (χ2v) is 5.85. The van der Waals surface area contributed by atoms with Gasteiger partial charge >= 0.3 is 0 Å². The van der Waals surface area contributed by atoms with E-state index >= 15 is 0 Å². The van der Waals surface area contributed by atoms with Gasteiger partial charge in [-0.1, -0.05) is 19.1 Å². The van der Waals surface area contributed by atoms with E-state index in [0.717, 1.165) is 25.1 Å². The summed E-state index contributed by atoms with van der Waals surface area (Å²) < 4.78 is 14.0. The molecule has 0 bridgehead atoms. The van der Waals surface area contributed by atoms with Crippen LogP contribution in [0.5, 0.6) is 0 Å². The van der Waals surface area contributed by atoms with Crippen LogP contribution in [0.1, 0.15) is 25.3 Å². The molecule has 1 aliphatic rings. The molecular weight excluding hydrogens is 297 g/mol. The highest BCUT2D eigenvalue weighted by atomic mass is 79.9. The van der Waals surface area contributed by atoms with E-state index in [1.165, 1.54) is 6.07 Å². The van der Waals surface area contributed by atoms with E-state index < -0.39 is 5.60 Å². The Bertz CT molecular complexity index is 426. The first-order valence-corrected chi connectivity index (χ1v) is 7.22. The SMILES string of the molecule is CCC1CNCCC1(O)Cc1cccc(F)c1Br. The van der Waals surface area contributed by atoms with E-state index in [-0.39, 0.29) is 11.7 Å². The van der Waals surface area contributed by atoms with E-state index in [0.29, 0.717) is 17.3 Å². The van der Waals surface area contributed by atoms with Gasteiger partial charge in [0.15, 0.2) is 0 Å². The van der Waals surface area contributed by atoms with Gasteiger partial charge in [-0.15, -0.1) is 0 Å². The molecule has 4 heteroatoms. The summed E-state index contributed by atoms with van der Waals surface area (Å²) in [4.78, 5) is 0. The van der Waals surface area contributed by atoms with Gasteiger partial charge in [0.05, 0.1) is 10.1 Å². The first-order chi connectivity index (χ1) is 8.57. The van der Waals surface area contributed by atoms with Gasteiger partial charge in [0.25, 0.3) is 0 Å². The van der Waals surface area contributed by atoms with Crippen LogP contribution in [0.25, 0.3) is 0 Å². The maximum atomic E-state index is 13.5. The Morgan fingerprint density at radius 3 is 3.06 bits per heavy atom. The standard InChI is InChI=1S/C14H19BrFNO/c1-2-11-9-17-7-6-14(11,18)8-10-4-3-5-12(16)13(10)15/h3-5,11,17-18H,2,6-9H2,1H3.